The number of aromatic nitrogens is 2. The number of Topliss-reactive ketones (excluding diaryl/α,β-unsaturated/α-hetero) is 1. The molecule has 1 unspecified atom stereocenters. The van der Waals surface area contributed by atoms with Gasteiger partial charge in [0.05, 0.1) is 10.6 Å². The zero-order valence-electron chi connectivity index (χ0n) is 22.6. The molecule has 1 aromatic heterocycles. The van der Waals surface area contributed by atoms with E-state index in [2.05, 4.69) is 14.9 Å². The van der Waals surface area contributed by atoms with Gasteiger partial charge in [-0.3, -0.25) is 9.59 Å². The van der Waals surface area contributed by atoms with E-state index in [9.17, 15) is 18.0 Å². The second kappa shape index (κ2) is 13.0. The molecule has 2 aromatic carbocycles. The normalized spacial score (nSPS) is 14.7. The fourth-order valence-electron chi connectivity index (χ4n) is 4.98. The first-order valence-electron chi connectivity index (χ1n) is 13.5. The molecule has 3 aromatic rings. The molecule has 1 aliphatic rings. The van der Waals surface area contributed by atoms with Gasteiger partial charge in [-0.15, -0.1) is 0 Å². The Morgan fingerprint density at radius 3 is 2.15 bits per heavy atom. The smallest absolute Gasteiger partial charge is 0.225 e. The molecule has 206 valence electrons. The highest BCUT2D eigenvalue weighted by molar-refractivity contribution is 7.91. The zero-order chi connectivity index (χ0) is 27.8. The van der Waals surface area contributed by atoms with Crippen molar-refractivity contribution in [3.8, 4) is 0 Å². The van der Waals surface area contributed by atoms with Gasteiger partial charge in [0.1, 0.15) is 0 Å². The molecule has 9 heteroatoms. The number of anilines is 1. The molecular weight excluding hydrogens is 512 g/mol. The monoisotopic (exact) mass is 548 g/mol. The lowest BCUT2D eigenvalue weighted by Gasteiger charge is -2.35. The lowest BCUT2D eigenvalue weighted by molar-refractivity contribution is -0.132. The predicted molar refractivity (Wildman–Crippen MR) is 152 cm³/mol. The number of carbonyl (C=O) groups is 2. The zero-order valence-corrected chi connectivity index (χ0v) is 23.4. The van der Waals surface area contributed by atoms with Crippen LogP contribution in [0.3, 0.4) is 0 Å². The second-order valence-electron chi connectivity index (χ2n) is 9.92. The van der Waals surface area contributed by atoms with Crippen molar-refractivity contribution in [1.29, 1.82) is 0 Å². The Kier molecular flexibility index (Phi) is 9.45. The molecule has 0 N–H and O–H groups in total. The van der Waals surface area contributed by atoms with Crippen LogP contribution in [0.5, 0.6) is 0 Å². The first-order valence-corrected chi connectivity index (χ1v) is 15.2. The van der Waals surface area contributed by atoms with E-state index in [0.29, 0.717) is 68.3 Å². The van der Waals surface area contributed by atoms with Crippen molar-refractivity contribution in [2.75, 3.05) is 36.8 Å². The van der Waals surface area contributed by atoms with E-state index in [1.54, 1.807) is 43.6 Å². The quantitative estimate of drug-likeness (QED) is 0.334. The highest BCUT2D eigenvalue weighted by atomic mass is 32.2. The number of ketones is 1. The lowest BCUT2D eigenvalue weighted by Crippen LogP contribution is -2.49. The Morgan fingerprint density at radius 1 is 0.872 bits per heavy atom. The second-order valence-corrected chi connectivity index (χ2v) is 12.2. The standard InChI is InChI=1S/C30H36N4O4S/c1-3-28(35)26-10-5-8-23(20-26)18-25(19-24-9-6-11-27(21-24)39(37,38)4-2)22-29(36)33-14-16-34(17-15-33)30-31-12-7-13-32-30/h5-13,20-21,25H,3-4,14-19,22H2,1-2H3. The number of sulfone groups is 1. The van der Waals surface area contributed by atoms with Gasteiger partial charge in [-0.25, -0.2) is 18.4 Å². The number of rotatable bonds is 11. The summed E-state index contributed by atoms with van der Waals surface area (Å²) in [5.41, 5.74) is 2.56. The Hall–Kier alpha value is -3.59. The average molecular weight is 549 g/mol. The maximum atomic E-state index is 13.5. The van der Waals surface area contributed by atoms with E-state index in [4.69, 9.17) is 0 Å². The molecular formula is C30H36N4O4S. The molecule has 1 amide bonds. The summed E-state index contributed by atoms with van der Waals surface area (Å²) in [4.78, 5) is 38.6. The molecule has 0 bridgehead atoms. The van der Waals surface area contributed by atoms with Crippen LogP contribution >= 0.6 is 0 Å². The van der Waals surface area contributed by atoms with Gasteiger partial charge in [-0.1, -0.05) is 44.2 Å². The number of carbonyl (C=O) groups excluding carboxylic acids is 2. The molecule has 8 nitrogen and oxygen atoms in total. The molecule has 39 heavy (non-hydrogen) atoms. The van der Waals surface area contributed by atoms with Gasteiger partial charge < -0.3 is 9.80 Å². The van der Waals surface area contributed by atoms with Gasteiger partial charge >= 0.3 is 0 Å². The predicted octanol–water partition coefficient (Wildman–Crippen LogP) is 4.00. The van der Waals surface area contributed by atoms with Crippen molar-refractivity contribution in [3.05, 3.63) is 83.7 Å². The van der Waals surface area contributed by atoms with Crippen molar-refractivity contribution in [2.45, 2.75) is 44.4 Å². The molecule has 1 atom stereocenters. The maximum absolute atomic E-state index is 13.5. The largest absolute Gasteiger partial charge is 0.339 e. The summed E-state index contributed by atoms with van der Waals surface area (Å²) in [5.74, 6) is 0.816. The Bertz CT molecular complexity index is 1390. The fourth-order valence-corrected chi connectivity index (χ4v) is 5.93. The van der Waals surface area contributed by atoms with Crippen LogP contribution in [0.4, 0.5) is 5.95 Å². The summed E-state index contributed by atoms with van der Waals surface area (Å²) < 4.78 is 24.9. The Labute approximate surface area is 231 Å². The summed E-state index contributed by atoms with van der Waals surface area (Å²) in [6.45, 7) is 6.00. The minimum Gasteiger partial charge on any atom is -0.339 e. The van der Waals surface area contributed by atoms with Crippen LogP contribution < -0.4 is 4.90 Å². The molecule has 4 rings (SSSR count). The third-order valence-corrected chi connectivity index (χ3v) is 8.92. The van der Waals surface area contributed by atoms with Crippen molar-refractivity contribution >= 4 is 27.5 Å². The number of amides is 1. The van der Waals surface area contributed by atoms with Crippen molar-refractivity contribution in [3.63, 3.8) is 0 Å². The molecule has 2 heterocycles. The Balaban J connectivity index is 1.50. The minimum atomic E-state index is -3.33. The molecule has 0 saturated carbocycles. The van der Waals surface area contributed by atoms with Crippen LogP contribution in [0.15, 0.2) is 71.9 Å². The van der Waals surface area contributed by atoms with Gasteiger partial charge in [-0.2, -0.15) is 0 Å². The third kappa shape index (κ3) is 7.50. The molecule has 1 fully saturated rings. The molecule has 1 saturated heterocycles. The van der Waals surface area contributed by atoms with Gasteiger partial charge in [-0.05, 0) is 54.2 Å². The molecule has 1 aliphatic heterocycles. The van der Waals surface area contributed by atoms with Gasteiger partial charge in [0, 0.05) is 57.0 Å². The van der Waals surface area contributed by atoms with Crippen LogP contribution in [0.1, 0.15) is 48.2 Å². The highest BCUT2D eigenvalue weighted by Gasteiger charge is 2.25. The summed E-state index contributed by atoms with van der Waals surface area (Å²) in [7, 11) is -3.33. The van der Waals surface area contributed by atoms with Crippen LogP contribution in [-0.2, 0) is 27.5 Å². The summed E-state index contributed by atoms with van der Waals surface area (Å²) in [5, 5.41) is 0. The fraction of sp³-hybridized carbons (Fsp3) is 0.400. The lowest BCUT2D eigenvalue weighted by atomic mass is 9.88. The minimum absolute atomic E-state index is 0.0383. The van der Waals surface area contributed by atoms with Crippen molar-refractivity contribution in [2.24, 2.45) is 5.92 Å². The average Bonchev–Trinajstić information content (AvgIpc) is 2.97. The first kappa shape index (κ1) is 28.4. The number of hydrogen-bond acceptors (Lipinski definition) is 7. The Morgan fingerprint density at radius 2 is 1.51 bits per heavy atom. The summed E-state index contributed by atoms with van der Waals surface area (Å²) in [6.07, 6.45) is 5.37. The first-order chi connectivity index (χ1) is 18.8. The van der Waals surface area contributed by atoms with E-state index in [1.807, 2.05) is 42.2 Å². The topological polar surface area (TPSA) is 101 Å². The van der Waals surface area contributed by atoms with E-state index < -0.39 is 9.84 Å². The van der Waals surface area contributed by atoms with Gasteiger partial charge in [0.2, 0.25) is 11.9 Å². The van der Waals surface area contributed by atoms with Gasteiger partial charge in [0.15, 0.2) is 15.6 Å². The van der Waals surface area contributed by atoms with E-state index in [0.717, 1.165) is 11.1 Å². The molecule has 0 spiro atoms. The number of nitrogens with zero attached hydrogens (tertiary/aromatic N) is 4. The molecule has 0 aliphatic carbocycles. The van der Waals surface area contributed by atoms with Crippen LogP contribution in [0.25, 0.3) is 0 Å². The summed E-state index contributed by atoms with van der Waals surface area (Å²) >= 11 is 0. The number of hydrogen-bond donors (Lipinski definition) is 0. The number of benzene rings is 2. The molecule has 0 radical (unpaired) electrons. The maximum Gasteiger partial charge on any atom is 0.225 e. The van der Waals surface area contributed by atoms with Gasteiger partial charge in [0.25, 0.3) is 0 Å². The SMILES string of the molecule is CCC(=O)c1cccc(CC(CC(=O)N2CCN(c3ncccn3)CC2)Cc2cccc(S(=O)(=O)CC)c2)c1. The highest BCUT2D eigenvalue weighted by Crippen LogP contribution is 2.23. The van der Waals surface area contributed by atoms with E-state index in [1.165, 1.54) is 0 Å². The van der Waals surface area contributed by atoms with Crippen molar-refractivity contribution in [1.82, 2.24) is 14.9 Å². The third-order valence-electron chi connectivity index (χ3n) is 7.19. The van der Waals surface area contributed by atoms with Crippen LogP contribution in [0.2, 0.25) is 0 Å². The van der Waals surface area contributed by atoms with E-state index in [-0.39, 0.29) is 23.4 Å². The summed E-state index contributed by atoms with van der Waals surface area (Å²) in [6, 6.07) is 16.4. The number of piperazine rings is 1. The van der Waals surface area contributed by atoms with Crippen LogP contribution in [-0.4, -0.2) is 66.9 Å². The van der Waals surface area contributed by atoms with E-state index >= 15 is 0 Å². The van der Waals surface area contributed by atoms with Crippen LogP contribution in [0, 0.1) is 5.92 Å². The van der Waals surface area contributed by atoms with Crippen molar-refractivity contribution < 1.29 is 18.0 Å².